The normalized spacial score (nSPS) is 29.3. The number of aryl methyl sites for hydroxylation is 1. The molecule has 1 aromatic rings. The summed E-state index contributed by atoms with van der Waals surface area (Å²) >= 11 is 0. The van der Waals surface area contributed by atoms with Crippen LogP contribution in [-0.4, -0.2) is 34.4 Å². The van der Waals surface area contributed by atoms with E-state index in [4.69, 9.17) is 4.98 Å². The largest absolute Gasteiger partial charge is 0.396 e. The third-order valence-corrected chi connectivity index (χ3v) is 3.85. The van der Waals surface area contributed by atoms with E-state index in [1.165, 1.54) is 17.9 Å². The number of rotatable bonds is 2. The first-order valence-corrected chi connectivity index (χ1v) is 6.24. The van der Waals surface area contributed by atoms with Crippen molar-refractivity contribution in [1.82, 2.24) is 14.9 Å². The van der Waals surface area contributed by atoms with Crippen molar-refractivity contribution in [3.8, 4) is 0 Å². The highest BCUT2D eigenvalue weighted by molar-refractivity contribution is 5.13. The van der Waals surface area contributed by atoms with Gasteiger partial charge in [0.2, 0.25) is 0 Å². The number of imidazole rings is 1. The summed E-state index contributed by atoms with van der Waals surface area (Å²) in [6.45, 7) is 3.43. The van der Waals surface area contributed by atoms with E-state index in [1.54, 1.807) is 0 Å². The third kappa shape index (κ3) is 1.76. The van der Waals surface area contributed by atoms with Gasteiger partial charge >= 0.3 is 0 Å². The maximum Gasteiger partial charge on any atom is 0.108 e. The summed E-state index contributed by atoms with van der Waals surface area (Å²) in [4.78, 5) is 4.74. The minimum absolute atomic E-state index is 0.304. The first kappa shape index (κ1) is 10.3. The van der Waals surface area contributed by atoms with Gasteiger partial charge in [0.15, 0.2) is 0 Å². The monoisotopic (exact) mass is 221 g/mol. The van der Waals surface area contributed by atoms with Crippen LogP contribution in [-0.2, 0) is 13.0 Å². The van der Waals surface area contributed by atoms with Gasteiger partial charge < -0.3 is 15.0 Å². The van der Waals surface area contributed by atoms with Crippen LogP contribution in [0, 0.1) is 5.92 Å². The molecule has 0 amide bonds. The van der Waals surface area contributed by atoms with E-state index >= 15 is 0 Å². The maximum atomic E-state index is 9.19. The zero-order chi connectivity index (χ0) is 11.0. The Hall–Kier alpha value is -0.870. The summed E-state index contributed by atoms with van der Waals surface area (Å²) in [6, 6.07) is 0. The zero-order valence-corrected chi connectivity index (χ0v) is 9.52. The summed E-state index contributed by atoms with van der Waals surface area (Å²) in [5.74, 6) is 2.24. The molecule has 2 aliphatic rings. The Morgan fingerprint density at radius 1 is 1.50 bits per heavy atom. The molecule has 0 aromatic carbocycles. The van der Waals surface area contributed by atoms with E-state index in [1.807, 2.05) is 0 Å². The average Bonchev–Trinajstić information content (AvgIpc) is 2.96. The molecule has 3 rings (SSSR count). The number of nitrogens with one attached hydrogen (secondary N) is 1. The van der Waals surface area contributed by atoms with Gasteiger partial charge in [0, 0.05) is 44.1 Å². The van der Waals surface area contributed by atoms with Gasteiger partial charge in [-0.2, -0.15) is 0 Å². The Morgan fingerprint density at radius 2 is 2.44 bits per heavy atom. The van der Waals surface area contributed by atoms with Crippen molar-refractivity contribution in [2.24, 2.45) is 5.92 Å². The lowest BCUT2D eigenvalue weighted by atomic mass is 10.0. The van der Waals surface area contributed by atoms with Crippen molar-refractivity contribution in [1.29, 1.82) is 0 Å². The van der Waals surface area contributed by atoms with Crippen molar-refractivity contribution < 1.29 is 5.11 Å². The first-order valence-electron chi connectivity index (χ1n) is 6.24. The number of fused-ring (bicyclic) bond motifs is 1. The van der Waals surface area contributed by atoms with E-state index < -0.39 is 0 Å². The summed E-state index contributed by atoms with van der Waals surface area (Å²) in [5, 5.41) is 12.6. The molecule has 1 fully saturated rings. The van der Waals surface area contributed by atoms with Crippen molar-refractivity contribution in [2.45, 2.75) is 31.7 Å². The van der Waals surface area contributed by atoms with Gasteiger partial charge in [-0.05, 0) is 19.4 Å². The lowest BCUT2D eigenvalue weighted by Gasteiger charge is -2.21. The molecule has 4 heteroatoms. The van der Waals surface area contributed by atoms with Gasteiger partial charge in [-0.25, -0.2) is 4.98 Å². The highest BCUT2D eigenvalue weighted by Crippen LogP contribution is 2.25. The Labute approximate surface area is 95.7 Å². The van der Waals surface area contributed by atoms with E-state index in [9.17, 15) is 5.11 Å². The molecule has 2 unspecified atom stereocenters. The maximum absolute atomic E-state index is 9.19. The first-order chi connectivity index (χ1) is 7.86. The number of hydrogen-bond donors (Lipinski definition) is 2. The lowest BCUT2D eigenvalue weighted by Crippen LogP contribution is -2.22. The van der Waals surface area contributed by atoms with Gasteiger partial charge in [0.1, 0.15) is 5.82 Å². The fourth-order valence-electron chi connectivity index (χ4n) is 2.79. The Balaban J connectivity index is 1.80. The second-order valence-corrected chi connectivity index (χ2v) is 5.01. The van der Waals surface area contributed by atoms with Crippen molar-refractivity contribution in [3.05, 3.63) is 17.7 Å². The summed E-state index contributed by atoms with van der Waals surface area (Å²) in [6.07, 6.45) is 5.51. The minimum atomic E-state index is 0.304. The smallest absolute Gasteiger partial charge is 0.108 e. The number of aliphatic hydroxyl groups is 1. The molecule has 0 bridgehead atoms. The Kier molecular flexibility index (Phi) is 2.69. The molecule has 0 spiro atoms. The van der Waals surface area contributed by atoms with Crippen LogP contribution in [0.15, 0.2) is 6.20 Å². The molecule has 1 saturated heterocycles. The minimum Gasteiger partial charge on any atom is -0.396 e. The fourth-order valence-corrected chi connectivity index (χ4v) is 2.79. The molecule has 2 atom stereocenters. The van der Waals surface area contributed by atoms with E-state index in [0.717, 1.165) is 32.5 Å². The number of hydrogen-bond acceptors (Lipinski definition) is 3. The molecule has 0 aliphatic carbocycles. The second kappa shape index (κ2) is 4.18. The van der Waals surface area contributed by atoms with Gasteiger partial charge in [0.05, 0.1) is 5.69 Å². The van der Waals surface area contributed by atoms with Gasteiger partial charge in [-0.3, -0.25) is 0 Å². The standard InChI is InChI=1S/C12H19N3O/c16-8-9-1-2-12-14-11(7-15(12)6-9)10-3-4-13-5-10/h7,9-10,13,16H,1-6,8H2. The highest BCUT2D eigenvalue weighted by Gasteiger charge is 2.24. The lowest BCUT2D eigenvalue weighted by molar-refractivity contribution is 0.190. The van der Waals surface area contributed by atoms with E-state index in [2.05, 4.69) is 16.1 Å². The summed E-state index contributed by atoms with van der Waals surface area (Å²) in [7, 11) is 0. The van der Waals surface area contributed by atoms with Crippen LogP contribution in [0.2, 0.25) is 0 Å². The SMILES string of the molecule is OCC1CCc2nc(C3CCNC3)cn2C1. The topological polar surface area (TPSA) is 50.1 Å². The van der Waals surface area contributed by atoms with Crippen molar-refractivity contribution in [3.63, 3.8) is 0 Å². The molecule has 2 N–H and O–H groups in total. The Morgan fingerprint density at radius 3 is 3.19 bits per heavy atom. The van der Waals surface area contributed by atoms with Crippen molar-refractivity contribution in [2.75, 3.05) is 19.7 Å². The van der Waals surface area contributed by atoms with Crippen LogP contribution in [0.4, 0.5) is 0 Å². The molecule has 88 valence electrons. The molecule has 0 saturated carbocycles. The molecule has 0 radical (unpaired) electrons. The van der Waals surface area contributed by atoms with Crippen LogP contribution in [0.3, 0.4) is 0 Å². The molecular weight excluding hydrogens is 202 g/mol. The molecule has 4 nitrogen and oxygen atoms in total. The molecular formula is C12H19N3O. The van der Waals surface area contributed by atoms with Crippen LogP contribution in [0.1, 0.15) is 30.3 Å². The van der Waals surface area contributed by atoms with Crippen LogP contribution in [0.5, 0.6) is 0 Å². The number of aliphatic hydroxyl groups excluding tert-OH is 1. The predicted molar refractivity (Wildman–Crippen MR) is 61.4 cm³/mol. The van der Waals surface area contributed by atoms with Crippen LogP contribution >= 0.6 is 0 Å². The van der Waals surface area contributed by atoms with E-state index in [-0.39, 0.29) is 0 Å². The van der Waals surface area contributed by atoms with Crippen molar-refractivity contribution >= 4 is 0 Å². The quantitative estimate of drug-likeness (QED) is 0.765. The fraction of sp³-hybridized carbons (Fsp3) is 0.750. The molecule has 3 heterocycles. The number of aromatic nitrogens is 2. The molecule has 2 aliphatic heterocycles. The van der Waals surface area contributed by atoms with E-state index in [0.29, 0.717) is 18.4 Å². The average molecular weight is 221 g/mol. The summed E-state index contributed by atoms with van der Waals surface area (Å²) < 4.78 is 2.25. The Bertz CT molecular complexity index is 368. The number of nitrogens with zero attached hydrogens (tertiary/aromatic N) is 2. The molecule has 16 heavy (non-hydrogen) atoms. The second-order valence-electron chi connectivity index (χ2n) is 5.01. The van der Waals surface area contributed by atoms with Gasteiger partial charge in [-0.15, -0.1) is 0 Å². The predicted octanol–water partition coefficient (Wildman–Crippen LogP) is 0.515. The van der Waals surface area contributed by atoms with Gasteiger partial charge in [-0.1, -0.05) is 0 Å². The molecule has 1 aromatic heterocycles. The van der Waals surface area contributed by atoms with Crippen LogP contribution < -0.4 is 5.32 Å². The third-order valence-electron chi connectivity index (χ3n) is 3.85. The highest BCUT2D eigenvalue weighted by atomic mass is 16.3. The van der Waals surface area contributed by atoms with Crippen LogP contribution in [0.25, 0.3) is 0 Å². The summed E-state index contributed by atoms with van der Waals surface area (Å²) in [5.41, 5.74) is 1.25. The van der Waals surface area contributed by atoms with Gasteiger partial charge in [0.25, 0.3) is 0 Å². The zero-order valence-electron chi connectivity index (χ0n) is 9.52.